The lowest BCUT2D eigenvalue weighted by Crippen LogP contribution is -2.13. The largest absolute Gasteiger partial charge is 0.297 e. The number of ketones is 1. The van der Waals surface area contributed by atoms with E-state index < -0.39 is 5.92 Å². The summed E-state index contributed by atoms with van der Waals surface area (Å²) in [6.07, 6.45) is 1.52. The van der Waals surface area contributed by atoms with E-state index in [0.717, 1.165) is 36.9 Å². The maximum absolute atomic E-state index is 12.9. The number of nitriles is 1. The lowest BCUT2D eigenvalue weighted by Gasteiger charge is -2.05. The summed E-state index contributed by atoms with van der Waals surface area (Å²) in [5, 5.41) is 13.8. The SMILES string of the molecule is N#CC(C(=O)CSc1ncnc2sc(-c3ccccc3)cc12)c1nc(-c2ccccc2)cs1. The molecule has 3 aromatic heterocycles. The number of carbonyl (C=O) groups is 1. The molecule has 3 heterocycles. The molecule has 0 N–H and O–H groups in total. The van der Waals surface area contributed by atoms with Crippen LogP contribution < -0.4 is 0 Å². The lowest BCUT2D eigenvalue weighted by molar-refractivity contribution is -0.116. The van der Waals surface area contributed by atoms with Crippen LogP contribution in [-0.4, -0.2) is 26.5 Å². The Morgan fingerprint density at radius 3 is 2.48 bits per heavy atom. The lowest BCUT2D eigenvalue weighted by atomic mass is 10.1. The molecule has 0 amide bonds. The highest BCUT2D eigenvalue weighted by Crippen LogP contribution is 2.36. The maximum Gasteiger partial charge on any atom is 0.167 e. The van der Waals surface area contributed by atoms with Crippen molar-refractivity contribution in [2.75, 3.05) is 5.75 Å². The molecule has 33 heavy (non-hydrogen) atoms. The first-order chi connectivity index (χ1) is 16.2. The fraction of sp³-hybridized carbons (Fsp3) is 0.0800. The first kappa shape index (κ1) is 21.5. The van der Waals surface area contributed by atoms with Gasteiger partial charge in [-0.05, 0) is 11.6 Å². The number of hydrogen-bond donors (Lipinski definition) is 0. The third-order valence-electron chi connectivity index (χ3n) is 4.99. The van der Waals surface area contributed by atoms with E-state index in [4.69, 9.17) is 0 Å². The van der Waals surface area contributed by atoms with Gasteiger partial charge in [-0.3, -0.25) is 4.79 Å². The van der Waals surface area contributed by atoms with Gasteiger partial charge in [-0.25, -0.2) is 15.0 Å². The van der Waals surface area contributed by atoms with Gasteiger partial charge in [-0.15, -0.1) is 22.7 Å². The molecule has 0 radical (unpaired) electrons. The van der Waals surface area contributed by atoms with Crippen molar-refractivity contribution >= 4 is 50.4 Å². The molecule has 5 rings (SSSR count). The normalized spacial score (nSPS) is 11.8. The molecule has 0 saturated carbocycles. The average molecular weight is 485 g/mol. The summed E-state index contributed by atoms with van der Waals surface area (Å²) in [4.78, 5) is 28.3. The third-order valence-corrected chi connectivity index (χ3v) is 8.02. The Kier molecular flexibility index (Phi) is 6.26. The van der Waals surface area contributed by atoms with E-state index in [-0.39, 0.29) is 11.5 Å². The summed E-state index contributed by atoms with van der Waals surface area (Å²) >= 11 is 4.28. The van der Waals surface area contributed by atoms with Gasteiger partial charge in [0.25, 0.3) is 0 Å². The van der Waals surface area contributed by atoms with Gasteiger partial charge in [0.2, 0.25) is 0 Å². The van der Waals surface area contributed by atoms with Crippen LogP contribution in [0.1, 0.15) is 10.9 Å². The van der Waals surface area contributed by atoms with Crippen molar-refractivity contribution in [2.24, 2.45) is 0 Å². The minimum atomic E-state index is -0.889. The van der Waals surface area contributed by atoms with Gasteiger partial charge in [-0.2, -0.15) is 5.26 Å². The topological polar surface area (TPSA) is 79.5 Å². The molecular weight excluding hydrogens is 469 g/mol. The zero-order chi connectivity index (χ0) is 22.6. The summed E-state index contributed by atoms with van der Waals surface area (Å²) < 4.78 is 0. The van der Waals surface area contributed by atoms with Crippen molar-refractivity contribution in [2.45, 2.75) is 10.9 Å². The van der Waals surface area contributed by atoms with Crippen LogP contribution in [0.15, 0.2) is 83.5 Å². The van der Waals surface area contributed by atoms with E-state index in [1.54, 1.807) is 11.3 Å². The van der Waals surface area contributed by atoms with Crippen LogP contribution >= 0.6 is 34.4 Å². The van der Waals surface area contributed by atoms with Crippen molar-refractivity contribution < 1.29 is 4.79 Å². The van der Waals surface area contributed by atoms with Crippen LogP contribution in [0.2, 0.25) is 0 Å². The van der Waals surface area contributed by atoms with Gasteiger partial charge in [0.05, 0.1) is 17.5 Å². The molecule has 5 nitrogen and oxygen atoms in total. The summed E-state index contributed by atoms with van der Waals surface area (Å²) in [6.45, 7) is 0. The highest BCUT2D eigenvalue weighted by atomic mass is 32.2. The molecular formula is C25H16N4OS3. The van der Waals surface area contributed by atoms with Gasteiger partial charge in [-0.1, -0.05) is 72.4 Å². The summed E-state index contributed by atoms with van der Waals surface area (Å²) in [6, 6.07) is 24.1. The van der Waals surface area contributed by atoms with Crippen LogP contribution in [0.25, 0.3) is 31.9 Å². The Labute approximate surface area is 202 Å². The number of thiazole rings is 1. The molecule has 2 aromatic carbocycles. The predicted molar refractivity (Wildman–Crippen MR) is 134 cm³/mol. The van der Waals surface area contributed by atoms with Crippen LogP contribution in [-0.2, 0) is 4.79 Å². The van der Waals surface area contributed by atoms with Crippen molar-refractivity contribution in [1.29, 1.82) is 5.26 Å². The Morgan fingerprint density at radius 1 is 1.03 bits per heavy atom. The first-order valence-corrected chi connectivity index (χ1v) is 12.8. The second kappa shape index (κ2) is 9.63. The van der Waals surface area contributed by atoms with Gasteiger partial charge < -0.3 is 0 Å². The van der Waals surface area contributed by atoms with Crippen molar-refractivity contribution in [3.8, 4) is 27.8 Å². The van der Waals surface area contributed by atoms with Gasteiger partial charge in [0, 0.05) is 21.2 Å². The molecule has 0 aliphatic rings. The zero-order valence-electron chi connectivity index (χ0n) is 17.2. The second-order valence-corrected chi connectivity index (χ2v) is 10.0. The number of aromatic nitrogens is 3. The first-order valence-electron chi connectivity index (χ1n) is 10.1. The number of thiophene rings is 1. The van der Waals surface area contributed by atoms with Crippen molar-refractivity contribution in [3.05, 3.63) is 83.4 Å². The molecule has 0 bridgehead atoms. The monoisotopic (exact) mass is 484 g/mol. The molecule has 5 aromatic rings. The highest BCUT2D eigenvalue weighted by Gasteiger charge is 2.24. The number of Topliss-reactive ketones (excluding diaryl/α,β-unsaturated/α-hetero) is 1. The van der Waals surface area contributed by atoms with E-state index in [9.17, 15) is 10.1 Å². The summed E-state index contributed by atoms with van der Waals surface area (Å²) in [7, 11) is 0. The summed E-state index contributed by atoms with van der Waals surface area (Å²) in [5.74, 6) is -0.928. The number of rotatable bonds is 7. The van der Waals surface area contributed by atoms with E-state index in [0.29, 0.717) is 5.01 Å². The molecule has 0 aliphatic carbocycles. The van der Waals surface area contributed by atoms with Crippen molar-refractivity contribution in [3.63, 3.8) is 0 Å². The Hall–Kier alpha value is -3.38. The van der Waals surface area contributed by atoms with E-state index in [1.165, 1.54) is 29.4 Å². The number of fused-ring (bicyclic) bond motifs is 1. The van der Waals surface area contributed by atoms with Gasteiger partial charge in [0.15, 0.2) is 11.7 Å². The Balaban J connectivity index is 1.34. The van der Waals surface area contributed by atoms with Crippen LogP contribution in [0.3, 0.4) is 0 Å². The van der Waals surface area contributed by atoms with E-state index >= 15 is 0 Å². The fourth-order valence-electron chi connectivity index (χ4n) is 3.34. The molecule has 0 spiro atoms. The van der Waals surface area contributed by atoms with Crippen LogP contribution in [0.5, 0.6) is 0 Å². The van der Waals surface area contributed by atoms with Crippen LogP contribution in [0.4, 0.5) is 0 Å². The minimum absolute atomic E-state index is 0.140. The van der Waals surface area contributed by atoms with E-state index in [1.807, 2.05) is 53.9 Å². The molecule has 1 unspecified atom stereocenters. The summed E-state index contributed by atoms with van der Waals surface area (Å²) in [5.41, 5.74) is 2.86. The quantitative estimate of drug-likeness (QED) is 0.195. The molecule has 1 atom stereocenters. The number of nitrogens with zero attached hydrogens (tertiary/aromatic N) is 4. The van der Waals surface area contributed by atoms with Gasteiger partial charge in [0.1, 0.15) is 21.2 Å². The molecule has 0 aliphatic heterocycles. The van der Waals surface area contributed by atoms with Crippen LogP contribution in [0, 0.1) is 11.3 Å². The smallest absolute Gasteiger partial charge is 0.167 e. The molecule has 0 fully saturated rings. The molecule has 0 saturated heterocycles. The third kappa shape index (κ3) is 4.57. The predicted octanol–water partition coefficient (Wildman–Crippen LogP) is 6.45. The number of hydrogen-bond acceptors (Lipinski definition) is 8. The minimum Gasteiger partial charge on any atom is -0.297 e. The maximum atomic E-state index is 12.9. The highest BCUT2D eigenvalue weighted by molar-refractivity contribution is 8.00. The standard InChI is InChI=1S/C25H16N4OS3/c26-12-19(25-29-20(13-31-25)16-7-3-1-4-8-16)21(30)14-32-23-18-11-22(17-9-5-2-6-10-17)33-24(18)28-15-27-23/h1-11,13,15,19H,14H2. The van der Waals surface area contributed by atoms with E-state index in [2.05, 4.69) is 39.2 Å². The zero-order valence-corrected chi connectivity index (χ0v) is 19.7. The number of thioether (sulfide) groups is 1. The Bertz CT molecular complexity index is 1460. The van der Waals surface area contributed by atoms with Crippen molar-refractivity contribution in [1.82, 2.24) is 15.0 Å². The number of benzene rings is 2. The Morgan fingerprint density at radius 2 is 1.76 bits per heavy atom. The molecule has 160 valence electrons. The molecule has 8 heteroatoms. The van der Waals surface area contributed by atoms with Gasteiger partial charge >= 0.3 is 0 Å². The fourth-order valence-corrected chi connectivity index (χ4v) is 6.18. The average Bonchev–Trinajstić information content (AvgIpc) is 3.52. The number of carbonyl (C=O) groups excluding carboxylic acids is 1. The second-order valence-electron chi connectivity index (χ2n) is 7.13.